The molecule has 3 N–H and O–H groups in total. The number of aromatic nitrogens is 1. The second-order valence-corrected chi connectivity index (χ2v) is 15.8. The maximum atomic E-state index is 14.0. The maximum Gasteiger partial charge on any atom is 0.425 e. The quantitative estimate of drug-likeness (QED) is 0.128. The lowest BCUT2D eigenvalue weighted by Crippen LogP contribution is -2.55. The fourth-order valence-electron chi connectivity index (χ4n) is 8.01. The largest absolute Gasteiger partial charge is 0.507 e. The van der Waals surface area contributed by atoms with E-state index < -0.39 is 63.3 Å². The van der Waals surface area contributed by atoms with Crippen molar-refractivity contribution in [2.24, 2.45) is 11.3 Å². The highest BCUT2D eigenvalue weighted by Gasteiger charge is 2.46. The van der Waals surface area contributed by atoms with Crippen LogP contribution in [0.3, 0.4) is 0 Å². The zero-order valence-corrected chi connectivity index (χ0v) is 34.3. The monoisotopic (exact) mass is 857 g/mol. The number of pyridine rings is 1. The van der Waals surface area contributed by atoms with Crippen molar-refractivity contribution in [1.29, 1.82) is 0 Å². The topological polar surface area (TPSA) is 140 Å². The summed E-state index contributed by atoms with van der Waals surface area (Å²) in [6.07, 6.45) is -1.85. The lowest BCUT2D eigenvalue weighted by atomic mass is 9.66. The molecule has 0 radical (unpaired) electrons. The molecule has 3 aromatic rings. The van der Waals surface area contributed by atoms with E-state index in [1.165, 1.54) is 11.1 Å². The first-order chi connectivity index (χ1) is 27.9. The molecule has 4 heterocycles. The van der Waals surface area contributed by atoms with Gasteiger partial charge in [0.2, 0.25) is 5.91 Å². The number of aliphatic hydroxyl groups is 1. The van der Waals surface area contributed by atoms with Crippen molar-refractivity contribution in [2.75, 3.05) is 26.2 Å². The molecule has 2 saturated heterocycles. The summed E-state index contributed by atoms with van der Waals surface area (Å²) in [6.45, 7) is 7.03. The van der Waals surface area contributed by atoms with Crippen molar-refractivity contribution in [2.45, 2.75) is 115 Å². The Bertz CT molecular complexity index is 1860. The smallest absolute Gasteiger partial charge is 0.425 e. The van der Waals surface area contributed by atoms with Gasteiger partial charge in [-0.2, -0.15) is 26.3 Å². The maximum absolute atomic E-state index is 14.0. The number of halogens is 6. The van der Waals surface area contributed by atoms with E-state index >= 15 is 0 Å². The van der Waals surface area contributed by atoms with Crippen molar-refractivity contribution >= 4 is 29.1 Å². The molecule has 3 fully saturated rings. The van der Waals surface area contributed by atoms with E-state index in [-0.39, 0.29) is 44.1 Å². The van der Waals surface area contributed by atoms with Crippen molar-refractivity contribution in [3.05, 3.63) is 75.7 Å². The Kier molecular flexibility index (Phi) is 16.2. The van der Waals surface area contributed by atoms with Gasteiger partial charge in [0.25, 0.3) is 5.91 Å². The van der Waals surface area contributed by atoms with Crippen LogP contribution in [-0.4, -0.2) is 80.2 Å². The Morgan fingerprint density at radius 3 is 2.17 bits per heavy atom. The second-order valence-electron chi connectivity index (χ2n) is 14.9. The standard InChI is InChI=1S/C35H44F3N3O6.C5H3F3OS.C2H6/c1-2-9-27-24(10-6-20-41(27)31(43)29-26(35(36,37)38)12-5-19-39-29)30(42)40-21-17-34(46,18-22-40)25-11-3-4-13-28(25)47-23-8-16-33(32(44)45)14-7-15-33;6-5(7,8)4-1-3(9)2-10-4;1-2/h3-5,11-13,19,24,27,46H,2,6-10,14-18,20-23H2,1H3,(H,44,45);1-2,9H;1-2H3. The number of aromatic hydroxyl groups is 1. The molecule has 2 aromatic heterocycles. The number of ether oxygens (including phenoxy) is 1. The zero-order valence-electron chi connectivity index (χ0n) is 33.4. The summed E-state index contributed by atoms with van der Waals surface area (Å²) >= 11 is 0.481. The number of alkyl halides is 6. The van der Waals surface area contributed by atoms with Crippen molar-refractivity contribution in [3.8, 4) is 11.5 Å². The molecule has 1 saturated carbocycles. The van der Waals surface area contributed by atoms with Crippen LogP contribution in [-0.2, 0) is 27.5 Å². The van der Waals surface area contributed by atoms with E-state index in [0.717, 1.165) is 23.9 Å². The summed E-state index contributed by atoms with van der Waals surface area (Å²) in [5.74, 6) is -2.10. The molecule has 2 atom stereocenters. The normalized spacial score (nSPS) is 19.9. The Hall–Kier alpha value is -4.38. The first-order valence-electron chi connectivity index (χ1n) is 20.0. The van der Waals surface area contributed by atoms with Gasteiger partial charge in [0, 0.05) is 48.9 Å². The highest BCUT2D eigenvalue weighted by atomic mass is 32.1. The number of hydrogen-bond donors (Lipinski definition) is 3. The summed E-state index contributed by atoms with van der Waals surface area (Å²) < 4.78 is 82.3. The number of piperidine rings is 2. The number of nitrogens with zero attached hydrogens (tertiary/aromatic N) is 3. The predicted molar refractivity (Wildman–Crippen MR) is 209 cm³/mol. The third-order valence-electron chi connectivity index (χ3n) is 11.2. The number of amides is 2. The molecule has 2 amide bonds. The Balaban J connectivity index is 0.000000554. The second kappa shape index (κ2) is 20.3. The van der Waals surface area contributed by atoms with Crippen LogP contribution >= 0.6 is 11.3 Å². The van der Waals surface area contributed by atoms with Gasteiger partial charge in [0.1, 0.15) is 22.1 Å². The zero-order chi connectivity index (χ0) is 43.6. The molecule has 0 bridgehead atoms. The predicted octanol–water partition coefficient (Wildman–Crippen LogP) is 9.54. The minimum atomic E-state index is -4.74. The van der Waals surface area contributed by atoms with Gasteiger partial charge in [-0.3, -0.25) is 19.4 Å². The van der Waals surface area contributed by atoms with Gasteiger partial charge in [0.15, 0.2) is 0 Å². The first-order valence-corrected chi connectivity index (χ1v) is 20.9. The van der Waals surface area contributed by atoms with Crippen LogP contribution in [0.5, 0.6) is 11.5 Å². The van der Waals surface area contributed by atoms with Crippen LogP contribution < -0.4 is 4.74 Å². The Morgan fingerprint density at radius 2 is 1.63 bits per heavy atom. The summed E-state index contributed by atoms with van der Waals surface area (Å²) in [4.78, 5) is 45.3. The first kappa shape index (κ1) is 47.3. The molecule has 1 aliphatic carbocycles. The average Bonchev–Trinajstić information content (AvgIpc) is 3.65. The van der Waals surface area contributed by atoms with Crippen LogP contribution in [0.25, 0.3) is 0 Å². The van der Waals surface area contributed by atoms with Crippen LogP contribution in [0.15, 0.2) is 54.0 Å². The number of rotatable bonds is 11. The average molecular weight is 858 g/mol. The van der Waals surface area contributed by atoms with E-state index in [4.69, 9.17) is 9.84 Å². The number of para-hydroxylation sites is 1. The van der Waals surface area contributed by atoms with Gasteiger partial charge in [-0.1, -0.05) is 51.8 Å². The summed E-state index contributed by atoms with van der Waals surface area (Å²) in [5.41, 5.74) is -3.01. The lowest BCUT2D eigenvalue weighted by molar-refractivity contribution is -0.155. The number of thiophene rings is 1. The fourth-order valence-corrected chi connectivity index (χ4v) is 8.65. The van der Waals surface area contributed by atoms with Crippen LogP contribution in [0, 0.1) is 11.3 Å². The molecule has 59 heavy (non-hydrogen) atoms. The number of likely N-dealkylation sites (tertiary alicyclic amines) is 2. The Morgan fingerprint density at radius 1 is 0.949 bits per heavy atom. The van der Waals surface area contributed by atoms with E-state index in [1.807, 2.05) is 39.0 Å². The molecule has 1 aromatic carbocycles. The number of aliphatic carboxylic acids is 1. The third-order valence-corrected chi connectivity index (χ3v) is 12.2. The molecule has 2 unspecified atom stereocenters. The highest BCUT2D eigenvalue weighted by Crippen LogP contribution is 2.45. The van der Waals surface area contributed by atoms with Gasteiger partial charge in [-0.05, 0) is 76.0 Å². The third kappa shape index (κ3) is 11.5. The molecule has 17 heteroatoms. The summed E-state index contributed by atoms with van der Waals surface area (Å²) in [5, 5.41) is 30.9. The van der Waals surface area contributed by atoms with Gasteiger partial charge in [-0.15, -0.1) is 11.3 Å². The minimum Gasteiger partial charge on any atom is -0.507 e. The van der Waals surface area contributed by atoms with Crippen molar-refractivity contribution in [1.82, 2.24) is 14.8 Å². The summed E-state index contributed by atoms with van der Waals surface area (Å²) in [7, 11) is 0. The number of carboxylic acids is 1. The molecule has 10 nitrogen and oxygen atoms in total. The van der Waals surface area contributed by atoms with Crippen LogP contribution in [0.1, 0.15) is 118 Å². The van der Waals surface area contributed by atoms with Gasteiger partial charge >= 0.3 is 18.3 Å². The van der Waals surface area contributed by atoms with Crippen molar-refractivity contribution < 1.29 is 60.8 Å². The Labute approximate surface area is 344 Å². The molecular formula is C42H53F6N3O7S. The van der Waals surface area contributed by atoms with Gasteiger partial charge in [0.05, 0.1) is 29.1 Å². The van der Waals surface area contributed by atoms with Crippen LogP contribution in [0.4, 0.5) is 26.3 Å². The van der Waals surface area contributed by atoms with E-state index in [2.05, 4.69) is 4.98 Å². The summed E-state index contributed by atoms with van der Waals surface area (Å²) in [6, 6.07) is 9.38. The number of carbonyl (C=O) groups is 3. The molecule has 0 spiro atoms. The fraction of sp³-hybridized carbons (Fsp3) is 0.571. The van der Waals surface area contributed by atoms with Crippen LogP contribution in [0.2, 0.25) is 0 Å². The number of hydrogen-bond acceptors (Lipinski definition) is 8. The molecule has 6 rings (SSSR count). The number of carbonyl (C=O) groups excluding carboxylic acids is 2. The number of benzene rings is 1. The molecule has 326 valence electrons. The number of carboxylic acid groups (broad SMARTS) is 1. The minimum absolute atomic E-state index is 0.159. The van der Waals surface area contributed by atoms with Gasteiger partial charge in [-0.25, -0.2) is 0 Å². The molecule has 2 aliphatic heterocycles. The molecule has 3 aliphatic rings. The van der Waals surface area contributed by atoms with E-state index in [1.54, 1.807) is 11.0 Å². The van der Waals surface area contributed by atoms with Crippen molar-refractivity contribution in [3.63, 3.8) is 0 Å². The van der Waals surface area contributed by atoms with E-state index in [0.29, 0.717) is 86.7 Å². The highest BCUT2D eigenvalue weighted by molar-refractivity contribution is 7.10. The SMILES string of the molecule is CC.CCCC1C(C(=O)N2CCC(O)(c3ccccc3OCCCC3(C(=O)O)CCC3)CC2)CCCN1C(=O)c1ncccc1C(F)(F)F.Oc1csc(C(F)(F)F)c1. The van der Waals surface area contributed by atoms with Gasteiger partial charge < -0.3 is 29.9 Å². The van der Waals surface area contributed by atoms with E-state index in [9.17, 15) is 50.9 Å². The molecular weight excluding hydrogens is 805 g/mol. The lowest BCUT2D eigenvalue weighted by Gasteiger charge is -2.45.